The van der Waals surface area contributed by atoms with E-state index in [1.807, 2.05) is 11.8 Å². The predicted octanol–water partition coefficient (Wildman–Crippen LogP) is 1.44. The molecule has 0 saturated heterocycles. The number of nitrogens with zero attached hydrogens (tertiary/aromatic N) is 1. The first kappa shape index (κ1) is 12.3. The van der Waals surface area contributed by atoms with Crippen LogP contribution >= 0.6 is 11.8 Å². The smallest absolute Gasteiger partial charge is 0.0609 e. The fourth-order valence-electron chi connectivity index (χ4n) is 0.769. The largest absolute Gasteiger partial charge is 0.394 e. The Bertz CT molecular complexity index is 117. The molecule has 74 valence electrons. The molecule has 0 atom stereocenters. The summed E-state index contributed by atoms with van der Waals surface area (Å²) in [7, 11) is 2.06. The lowest BCUT2D eigenvalue weighted by Gasteiger charge is -2.33. The SMILES string of the molecule is CCSCCN(C)C(C)(C)CO. The highest BCUT2D eigenvalue weighted by molar-refractivity contribution is 7.99. The lowest BCUT2D eigenvalue weighted by molar-refractivity contribution is 0.0845. The molecule has 0 aliphatic heterocycles. The lowest BCUT2D eigenvalue weighted by atomic mass is 10.1. The third kappa shape index (κ3) is 4.33. The van der Waals surface area contributed by atoms with Gasteiger partial charge in [0.15, 0.2) is 0 Å². The van der Waals surface area contributed by atoms with Crippen molar-refractivity contribution in [3.63, 3.8) is 0 Å². The highest BCUT2D eigenvalue weighted by Crippen LogP contribution is 2.11. The highest BCUT2D eigenvalue weighted by Gasteiger charge is 2.21. The minimum Gasteiger partial charge on any atom is -0.394 e. The molecule has 1 N–H and O–H groups in total. The molecule has 0 heterocycles. The van der Waals surface area contributed by atoms with Crippen LogP contribution in [0.2, 0.25) is 0 Å². The number of rotatable bonds is 6. The van der Waals surface area contributed by atoms with Gasteiger partial charge in [-0.25, -0.2) is 0 Å². The van der Waals surface area contributed by atoms with E-state index in [1.165, 1.54) is 5.75 Å². The molecular weight excluding hydrogens is 170 g/mol. The van der Waals surface area contributed by atoms with Crippen LogP contribution in [0.1, 0.15) is 20.8 Å². The topological polar surface area (TPSA) is 23.5 Å². The van der Waals surface area contributed by atoms with Gasteiger partial charge in [-0.3, -0.25) is 4.90 Å². The van der Waals surface area contributed by atoms with Crippen molar-refractivity contribution in [1.82, 2.24) is 4.90 Å². The second-order valence-electron chi connectivity index (χ2n) is 3.59. The van der Waals surface area contributed by atoms with Crippen molar-refractivity contribution < 1.29 is 5.11 Å². The third-order valence-corrected chi connectivity index (χ3v) is 3.07. The van der Waals surface area contributed by atoms with Gasteiger partial charge in [-0.1, -0.05) is 6.92 Å². The molecule has 0 unspecified atom stereocenters. The van der Waals surface area contributed by atoms with E-state index in [1.54, 1.807) is 0 Å². The van der Waals surface area contributed by atoms with Crippen LogP contribution in [-0.4, -0.2) is 47.3 Å². The van der Waals surface area contributed by atoms with Crippen LogP contribution in [0.3, 0.4) is 0 Å². The molecular formula is C9H21NOS. The number of thioether (sulfide) groups is 1. The van der Waals surface area contributed by atoms with Crippen LogP contribution in [0, 0.1) is 0 Å². The second-order valence-corrected chi connectivity index (χ2v) is 4.98. The molecule has 0 fully saturated rings. The summed E-state index contributed by atoms with van der Waals surface area (Å²) in [6, 6.07) is 0. The Morgan fingerprint density at radius 3 is 2.42 bits per heavy atom. The number of likely N-dealkylation sites (N-methyl/N-ethyl adjacent to an activating group) is 1. The van der Waals surface area contributed by atoms with E-state index < -0.39 is 0 Å². The van der Waals surface area contributed by atoms with Gasteiger partial charge < -0.3 is 5.11 Å². The molecule has 12 heavy (non-hydrogen) atoms. The van der Waals surface area contributed by atoms with Crippen molar-refractivity contribution in [2.24, 2.45) is 0 Å². The Balaban J connectivity index is 3.63. The molecule has 0 radical (unpaired) electrons. The van der Waals surface area contributed by atoms with Crippen LogP contribution < -0.4 is 0 Å². The Morgan fingerprint density at radius 1 is 1.42 bits per heavy atom. The number of hydrogen-bond donors (Lipinski definition) is 1. The van der Waals surface area contributed by atoms with E-state index >= 15 is 0 Å². The van der Waals surface area contributed by atoms with Crippen LogP contribution in [0.25, 0.3) is 0 Å². The van der Waals surface area contributed by atoms with Gasteiger partial charge in [0.2, 0.25) is 0 Å². The van der Waals surface area contributed by atoms with Gasteiger partial charge >= 0.3 is 0 Å². The Morgan fingerprint density at radius 2 is 2.00 bits per heavy atom. The second kappa shape index (κ2) is 5.84. The molecule has 0 bridgehead atoms. The zero-order chi connectivity index (χ0) is 9.61. The minimum atomic E-state index is -0.0751. The van der Waals surface area contributed by atoms with Gasteiger partial charge in [0.05, 0.1) is 6.61 Å². The molecule has 0 spiro atoms. The monoisotopic (exact) mass is 191 g/mol. The van der Waals surface area contributed by atoms with Crippen molar-refractivity contribution in [2.45, 2.75) is 26.3 Å². The van der Waals surface area contributed by atoms with E-state index in [4.69, 9.17) is 5.11 Å². The molecule has 0 aromatic rings. The van der Waals surface area contributed by atoms with Gasteiger partial charge in [-0.2, -0.15) is 11.8 Å². The maximum Gasteiger partial charge on any atom is 0.0609 e. The molecule has 2 nitrogen and oxygen atoms in total. The van der Waals surface area contributed by atoms with Crippen LogP contribution in [0.4, 0.5) is 0 Å². The van der Waals surface area contributed by atoms with Gasteiger partial charge in [0.25, 0.3) is 0 Å². The number of aliphatic hydroxyl groups excluding tert-OH is 1. The summed E-state index contributed by atoms with van der Waals surface area (Å²) in [6.45, 7) is 7.56. The van der Waals surface area contributed by atoms with E-state index in [0.29, 0.717) is 0 Å². The minimum absolute atomic E-state index is 0.0751. The summed E-state index contributed by atoms with van der Waals surface area (Å²) < 4.78 is 0. The Kier molecular flexibility index (Phi) is 5.97. The average molecular weight is 191 g/mol. The van der Waals surface area contributed by atoms with Crippen LogP contribution in [0.5, 0.6) is 0 Å². The molecule has 0 aromatic carbocycles. The van der Waals surface area contributed by atoms with Crippen molar-refractivity contribution in [2.75, 3.05) is 31.7 Å². The molecule has 3 heteroatoms. The molecule has 0 aliphatic carbocycles. The first-order valence-electron chi connectivity index (χ1n) is 4.44. The van der Waals surface area contributed by atoms with Gasteiger partial charge in [0.1, 0.15) is 0 Å². The van der Waals surface area contributed by atoms with Crippen LogP contribution in [0.15, 0.2) is 0 Å². The number of hydrogen-bond acceptors (Lipinski definition) is 3. The normalized spacial score (nSPS) is 12.5. The first-order chi connectivity index (χ1) is 5.54. The molecule has 0 aliphatic rings. The lowest BCUT2D eigenvalue weighted by Crippen LogP contribution is -2.45. The summed E-state index contributed by atoms with van der Waals surface area (Å²) in [6.07, 6.45) is 0. The van der Waals surface area contributed by atoms with Gasteiger partial charge in [0, 0.05) is 17.8 Å². The summed E-state index contributed by atoms with van der Waals surface area (Å²) in [5, 5.41) is 9.07. The van der Waals surface area contributed by atoms with Gasteiger partial charge in [-0.05, 0) is 26.6 Å². The molecule has 0 amide bonds. The zero-order valence-corrected chi connectivity index (χ0v) is 9.45. The summed E-state index contributed by atoms with van der Waals surface area (Å²) in [5.41, 5.74) is -0.0751. The predicted molar refractivity (Wildman–Crippen MR) is 56.8 cm³/mol. The Labute approximate surface area is 80.3 Å². The van der Waals surface area contributed by atoms with Crippen molar-refractivity contribution in [1.29, 1.82) is 0 Å². The molecule has 0 aromatic heterocycles. The fraction of sp³-hybridized carbons (Fsp3) is 1.00. The molecule has 0 rings (SSSR count). The van der Waals surface area contributed by atoms with E-state index in [2.05, 4.69) is 32.7 Å². The Hall–Kier alpha value is 0.270. The summed E-state index contributed by atoms with van der Waals surface area (Å²) >= 11 is 1.94. The summed E-state index contributed by atoms with van der Waals surface area (Å²) in [5.74, 6) is 2.32. The quantitative estimate of drug-likeness (QED) is 0.643. The standard InChI is InChI=1S/C9H21NOS/c1-5-12-7-6-10(4)9(2,3)8-11/h11H,5-8H2,1-4H3. The summed E-state index contributed by atoms with van der Waals surface area (Å²) in [4.78, 5) is 2.20. The van der Waals surface area contributed by atoms with E-state index in [0.717, 1.165) is 12.3 Å². The highest BCUT2D eigenvalue weighted by atomic mass is 32.2. The number of aliphatic hydroxyl groups is 1. The first-order valence-corrected chi connectivity index (χ1v) is 5.60. The molecule has 0 saturated carbocycles. The average Bonchev–Trinajstić information content (AvgIpc) is 2.05. The van der Waals surface area contributed by atoms with Gasteiger partial charge in [-0.15, -0.1) is 0 Å². The third-order valence-electron chi connectivity index (χ3n) is 2.20. The van der Waals surface area contributed by atoms with Crippen molar-refractivity contribution in [3.8, 4) is 0 Å². The van der Waals surface area contributed by atoms with Crippen molar-refractivity contribution in [3.05, 3.63) is 0 Å². The zero-order valence-electron chi connectivity index (χ0n) is 8.63. The van der Waals surface area contributed by atoms with E-state index in [9.17, 15) is 0 Å². The maximum atomic E-state index is 9.07. The fourth-order valence-corrected chi connectivity index (χ4v) is 1.46. The maximum absolute atomic E-state index is 9.07. The van der Waals surface area contributed by atoms with Crippen LogP contribution in [-0.2, 0) is 0 Å². The van der Waals surface area contributed by atoms with Crippen molar-refractivity contribution >= 4 is 11.8 Å². The van der Waals surface area contributed by atoms with E-state index in [-0.39, 0.29) is 12.1 Å².